The molecule has 0 radical (unpaired) electrons. The first-order valence-electron chi connectivity index (χ1n) is 6.85. The normalized spacial score (nSPS) is 13.0. The lowest BCUT2D eigenvalue weighted by Crippen LogP contribution is -2.41. The van der Waals surface area contributed by atoms with E-state index in [9.17, 15) is 13.6 Å². The molecule has 1 aromatic carbocycles. The van der Waals surface area contributed by atoms with E-state index < -0.39 is 28.1 Å². The fourth-order valence-corrected chi connectivity index (χ4v) is 2.36. The van der Waals surface area contributed by atoms with Gasteiger partial charge in [-0.2, -0.15) is 0 Å². The molecule has 0 atom stereocenters. The van der Waals surface area contributed by atoms with Crippen molar-refractivity contribution in [2.24, 2.45) is 0 Å². The van der Waals surface area contributed by atoms with Crippen LogP contribution in [-0.4, -0.2) is 9.55 Å². The lowest BCUT2D eigenvalue weighted by Gasteiger charge is -2.31. The number of hydrogen-bond donors (Lipinski definition) is 0. The molecule has 0 aliphatic rings. The number of benzene rings is 1. The Balaban J connectivity index is 3.07. The summed E-state index contributed by atoms with van der Waals surface area (Å²) in [4.78, 5) is 17.1. The summed E-state index contributed by atoms with van der Waals surface area (Å²) < 4.78 is 28.9. The van der Waals surface area contributed by atoms with E-state index in [-0.39, 0.29) is 10.9 Å². The van der Waals surface area contributed by atoms with E-state index in [1.807, 2.05) is 41.5 Å². The van der Waals surface area contributed by atoms with Crippen LogP contribution in [0.4, 0.5) is 8.78 Å². The lowest BCUT2D eigenvalue weighted by molar-refractivity contribution is 0.337. The Hall–Kier alpha value is -1.78. The van der Waals surface area contributed by atoms with E-state index in [2.05, 4.69) is 4.98 Å². The summed E-state index contributed by atoms with van der Waals surface area (Å²) in [6.07, 6.45) is 0. The lowest BCUT2D eigenvalue weighted by atomic mass is 9.93. The molecule has 21 heavy (non-hydrogen) atoms. The third-order valence-corrected chi connectivity index (χ3v) is 3.23. The summed E-state index contributed by atoms with van der Waals surface area (Å²) in [5, 5.41) is -0.167. The van der Waals surface area contributed by atoms with Gasteiger partial charge in [0.1, 0.15) is 22.8 Å². The van der Waals surface area contributed by atoms with Crippen LogP contribution >= 0.6 is 0 Å². The Labute approximate surface area is 122 Å². The van der Waals surface area contributed by atoms with Crippen molar-refractivity contribution in [2.45, 2.75) is 52.5 Å². The summed E-state index contributed by atoms with van der Waals surface area (Å²) in [7, 11) is 0. The van der Waals surface area contributed by atoms with Crippen LogP contribution in [0.1, 0.15) is 47.4 Å². The molecule has 0 amide bonds. The Morgan fingerprint density at radius 3 is 2.10 bits per heavy atom. The van der Waals surface area contributed by atoms with E-state index in [1.54, 1.807) is 0 Å². The van der Waals surface area contributed by atoms with Crippen molar-refractivity contribution in [1.82, 2.24) is 9.55 Å². The van der Waals surface area contributed by atoms with Crippen LogP contribution in [0.25, 0.3) is 10.9 Å². The van der Waals surface area contributed by atoms with Crippen molar-refractivity contribution in [3.05, 3.63) is 39.9 Å². The predicted molar refractivity (Wildman–Crippen MR) is 79.6 cm³/mol. The van der Waals surface area contributed by atoms with Crippen molar-refractivity contribution in [3.63, 3.8) is 0 Å². The molecule has 0 saturated heterocycles. The molecule has 3 nitrogen and oxygen atoms in total. The highest BCUT2D eigenvalue weighted by atomic mass is 19.1. The van der Waals surface area contributed by atoms with Gasteiger partial charge in [0, 0.05) is 23.1 Å². The van der Waals surface area contributed by atoms with Crippen molar-refractivity contribution in [3.8, 4) is 0 Å². The fourth-order valence-electron chi connectivity index (χ4n) is 2.36. The zero-order valence-electron chi connectivity index (χ0n) is 13.2. The maximum atomic E-state index is 14.0. The second-order valence-electron chi connectivity index (χ2n) is 7.28. The van der Waals surface area contributed by atoms with Crippen LogP contribution in [0.15, 0.2) is 16.9 Å². The van der Waals surface area contributed by atoms with Crippen LogP contribution in [0.2, 0.25) is 0 Å². The average Bonchev–Trinajstić information content (AvgIpc) is 2.23. The highest BCUT2D eigenvalue weighted by Crippen LogP contribution is 2.27. The summed E-state index contributed by atoms with van der Waals surface area (Å²) in [5.41, 5.74) is -1.40. The zero-order chi connectivity index (χ0) is 16.2. The van der Waals surface area contributed by atoms with Gasteiger partial charge in [-0.15, -0.1) is 0 Å². The highest BCUT2D eigenvalue weighted by Gasteiger charge is 2.29. The zero-order valence-corrected chi connectivity index (χ0v) is 13.2. The summed E-state index contributed by atoms with van der Waals surface area (Å²) >= 11 is 0. The molecule has 0 fully saturated rings. The predicted octanol–water partition coefficient (Wildman–Crippen LogP) is 3.73. The fraction of sp³-hybridized carbons (Fsp3) is 0.500. The van der Waals surface area contributed by atoms with E-state index in [0.717, 1.165) is 12.1 Å². The average molecular weight is 294 g/mol. The minimum atomic E-state index is -0.874. The van der Waals surface area contributed by atoms with E-state index in [0.29, 0.717) is 5.82 Å². The standard InChI is InChI=1S/C16H20F2N2O/c1-15(2,3)14-19-11-8-9(17)7-10(18)12(11)13(21)20(14)16(4,5)6/h7-8H,1-6H3. The van der Waals surface area contributed by atoms with Gasteiger partial charge in [0.15, 0.2) is 0 Å². The Kier molecular flexibility index (Phi) is 3.43. The third kappa shape index (κ3) is 2.69. The first-order chi connectivity index (χ1) is 9.43. The molecule has 0 N–H and O–H groups in total. The molecule has 0 unspecified atom stereocenters. The molecule has 2 rings (SSSR count). The molecule has 0 bridgehead atoms. The number of hydrogen-bond acceptors (Lipinski definition) is 2. The molecule has 0 saturated carbocycles. The smallest absolute Gasteiger partial charge is 0.264 e. The van der Waals surface area contributed by atoms with E-state index in [4.69, 9.17) is 0 Å². The molecule has 0 spiro atoms. The van der Waals surface area contributed by atoms with E-state index in [1.165, 1.54) is 4.57 Å². The minimum Gasteiger partial charge on any atom is -0.290 e. The molecule has 2 aromatic rings. The molecular formula is C16H20F2N2O. The van der Waals surface area contributed by atoms with Gasteiger partial charge in [0.05, 0.1) is 5.52 Å². The maximum absolute atomic E-state index is 14.0. The summed E-state index contributed by atoms with van der Waals surface area (Å²) in [6.45, 7) is 11.3. The van der Waals surface area contributed by atoms with Crippen LogP contribution in [0.3, 0.4) is 0 Å². The monoisotopic (exact) mass is 294 g/mol. The molecule has 1 heterocycles. The Morgan fingerprint density at radius 1 is 1.05 bits per heavy atom. The number of aromatic nitrogens is 2. The van der Waals surface area contributed by atoms with Crippen molar-refractivity contribution < 1.29 is 8.78 Å². The largest absolute Gasteiger partial charge is 0.290 e. The first kappa shape index (κ1) is 15.6. The van der Waals surface area contributed by atoms with Crippen LogP contribution in [0, 0.1) is 11.6 Å². The van der Waals surface area contributed by atoms with Gasteiger partial charge >= 0.3 is 0 Å². The van der Waals surface area contributed by atoms with Gasteiger partial charge in [-0.25, -0.2) is 13.8 Å². The van der Waals surface area contributed by atoms with Gasteiger partial charge in [-0.3, -0.25) is 9.36 Å². The Bertz CT molecular complexity index is 765. The quantitative estimate of drug-likeness (QED) is 0.742. The second-order valence-corrected chi connectivity index (χ2v) is 7.28. The van der Waals surface area contributed by atoms with Gasteiger partial charge < -0.3 is 0 Å². The van der Waals surface area contributed by atoms with E-state index >= 15 is 0 Å². The van der Waals surface area contributed by atoms with Gasteiger partial charge in [0.2, 0.25) is 0 Å². The van der Waals surface area contributed by atoms with Crippen LogP contribution < -0.4 is 5.56 Å². The molecular weight excluding hydrogens is 274 g/mol. The molecule has 5 heteroatoms. The van der Waals surface area contributed by atoms with Crippen molar-refractivity contribution in [2.75, 3.05) is 0 Å². The number of fused-ring (bicyclic) bond motifs is 1. The molecule has 114 valence electrons. The number of halogens is 2. The minimum absolute atomic E-state index is 0.0583. The third-order valence-electron chi connectivity index (χ3n) is 3.23. The van der Waals surface area contributed by atoms with Gasteiger partial charge in [-0.1, -0.05) is 20.8 Å². The first-order valence-corrected chi connectivity index (χ1v) is 6.85. The van der Waals surface area contributed by atoms with Gasteiger partial charge in [0.25, 0.3) is 5.56 Å². The molecule has 1 aromatic heterocycles. The topological polar surface area (TPSA) is 34.9 Å². The van der Waals surface area contributed by atoms with Crippen LogP contribution in [0.5, 0.6) is 0 Å². The second kappa shape index (κ2) is 4.61. The van der Waals surface area contributed by atoms with Crippen molar-refractivity contribution in [1.29, 1.82) is 0 Å². The maximum Gasteiger partial charge on any atom is 0.264 e. The van der Waals surface area contributed by atoms with Crippen LogP contribution in [-0.2, 0) is 11.0 Å². The molecule has 0 aliphatic carbocycles. The number of rotatable bonds is 0. The number of nitrogens with zero attached hydrogens (tertiary/aromatic N) is 2. The summed E-state index contributed by atoms with van der Waals surface area (Å²) in [6, 6.07) is 1.82. The SMILES string of the molecule is CC(C)(C)c1nc2cc(F)cc(F)c2c(=O)n1C(C)(C)C. The summed E-state index contributed by atoms with van der Waals surface area (Å²) in [5.74, 6) is -1.10. The Morgan fingerprint density at radius 2 is 1.62 bits per heavy atom. The van der Waals surface area contributed by atoms with Crippen molar-refractivity contribution >= 4 is 10.9 Å². The molecule has 0 aliphatic heterocycles. The highest BCUT2D eigenvalue weighted by molar-refractivity contribution is 5.78. The van der Waals surface area contributed by atoms with Gasteiger partial charge in [-0.05, 0) is 20.8 Å².